The molecule has 0 aliphatic carbocycles. The molecule has 1 atom stereocenters. The first-order chi connectivity index (χ1) is 9.74. The number of nitrogens with zero attached hydrogens (tertiary/aromatic N) is 1. The summed E-state index contributed by atoms with van der Waals surface area (Å²) in [7, 11) is -3.68. The first-order valence-corrected chi connectivity index (χ1v) is 8.10. The van der Waals surface area contributed by atoms with E-state index in [-0.39, 0.29) is 4.90 Å². The molecule has 6 nitrogen and oxygen atoms in total. The maximum atomic E-state index is 12.7. The number of nitrogens with one attached hydrogen (secondary N) is 2. The molecule has 4 N–H and O–H groups in total. The van der Waals surface area contributed by atoms with E-state index < -0.39 is 16.1 Å². The summed E-state index contributed by atoms with van der Waals surface area (Å²) >= 11 is 0. The molecule has 0 bridgehead atoms. The minimum Gasteiger partial charge on any atom is -0.398 e. The number of imidazole rings is 1. The highest BCUT2D eigenvalue weighted by molar-refractivity contribution is 7.89. The van der Waals surface area contributed by atoms with E-state index in [0.717, 1.165) is 5.56 Å². The van der Waals surface area contributed by atoms with Crippen molar-refractivity contribution in [3.8, 4) is 0 Å². The largest absolute Gasteiger partial charge is 0.398 e. The number of benzene rings is 1. The van der Waals surface area contributed by atoms with E-state index in [4.69, 9.17) is 5.73 Å². The molecule has 7 heteroatoms. The zero-order valence-corrected chi connectivity index (χ0v) is 13.4. The third-order valence-corrected chi connectivity index (χ3v) is 5.42. The summed E-state index contributed by atoms with van der Waals surface area (Å²) in [6.45, 7) is 7.09. The predicted molar refractivity (Wildman–Crippen MR) is 82.4 cm³/mol. The molecule has 0 saturated carbocycles. The fraction of sp³-hybridized carbons (Fsp3) is 0.357. The van der Waals surface area contributed by atoms with E-state index >= 15 is 0 Å². The number of aromatic nitrogens is 2. The Bertz CT molecular complexity index is 726. The molecule has 2 rings (SSSR count). The summed E-state index contributed by atoms with van der Waals surface area (Å²) in [6.07, 6.45) is 3.24. The summed E-state index contributed by atoms with van der Waals surface area (Å²) in [5.74, 6) is 0.564. The zero-order valence-electron chi connectivity index (χ0n) is 12.6. The first kappa shape index (κ1) is 15.5. The lowest BCUT2D eigenvalue weighted by atomic mass is 10.1. The van der Waals surface area contributed by atoms with E-state index in [2.05, 4.69) is 14.7 Å². The second-order valence-corrected chi connectivity index (χ2v) is 6.83. The van der Waals surface area contributed by atoms with Crippen molar-refractivity contribution in [3.63, 3.8) is 0 Å². The van der Waals surface area contributed by atoms with Gasteiger partial charge in [0.25, 0.3) is 0 Å². The van der Waals surface area contributed by atoms with Crippen molar-refractivity contribution >= 4 is 15.7 Å². The highest BCUT2D eigenvalue weighted by Gasteiger charge is 2.25. The van der Waals surface area contributed by atoms with Crippen LogP contribution in [0.15, 0.2) is 23.4 Å². The van der Waals surface area contributed by atoms with Crippen molar-refractivity contribution in [2.45, 2.75) is 38.6 Å². The Kier molecular flexibility index (Phi) is 4.06. The van der Waals surface area contributed by atoms with E-state index in [1.54, 1.807) is 39.2 Å². The van der Waals surface area contributed by atoms with Crippen molar-refractivity contribution in [3.05, 3.63) is 41.0 Å². The molecule has 0 saturated heterocycles. The second kappa shape index (κ2) is 5.50. The van der Waals surface area contributed by atoms with Gasteiger partial charge in [0.1, 0.15) is 5.82 Å². The van der Waals surface area contributed by atoms with Crippen LogP contribution >= 0.6 is 0 Å². The molecule has 0 fully saturated rings. The van der Waals surface area contributed by atoms with Crippen LogP contribution in [-0.4, -0.2) is 18.4 Å². The molecule has 2 aromatic rings. The van der Waals surface area contributed by atoms with E-state index in [1.165, 1.54) is 0 Å². The number of aryl methyl sites for hydroxylation is 1. The van der Waals surface area contributed by atoms with Crippen molar-refractivity contribution in [2.24, 2.45) is 0 Å². The average molecular weight is 308 g/mol. The summed E-state index contributed by atoms with van der Waals surface area (Å²) in [4.78, 5) is 7.22. The van der Waals surface area contributed by atoms with Gasteiger partial charge in [-0.1, -0.05) is 0 Å². The molecule has 0 spiro atoms. The highest BCUT2D eigenvalue weighted by Crippen LogP contribution is 2.28. The molecule has 0 radical (unpaired) electrons. The Morgan fingerprint density at radius 1 is 1.29 bits per heavy atom. The van der Waals surface area contributed by atoms with E-state index in [0.29, 0.717) is 22.6 Å². The Balaban J connectivity index is 2.46. The van der Waals surface area contributed by atoms with Gasteiger partial charge in [0.2, 0.25) is 10.0 Å². The highest BCUT2D eigenvalue weighted by atomic mass is 32.2. The average Bonchev–Trinajstić information content (AvgIpc) is 2.89. The van der Waals surface area contributed by atoms with Crippen molar-refractivity contribution < 1.29 is 8.42 Å². The molecule has 21 heavy (non-hydrogen) atoms. The van der Waals surface area contributed by atoms with Gasteiger partial charge in [-0.05, 0) is 50.5 Å². The molecule has 114 valence electrons. The van der Waals surface area contributed by atoms with Gasteiger partial charge in [0.05, 0.1) is 10.9 Å². The molecule has 0 aliphatic rings. The molecular weight excluding hydrogens is 288 g/mol. The molecule has 1 aromatic heterocycles. The van der Waals surface area contributed by atoms with Crippen LogP contribution in [0.25, 0.3) is 0 Å². The number of hydrogen-bond donors (Lipinski definition) is 3. The number of H-pyrrole nitrogens is 1. The summed E-state index contributed by atoms with van der Waals surface area (Å²) in [6, 6.07) is 1.34. The Hall–Kier alpha value is -1.86. The second-order valence-electron chi connectivity index (χ2n) is 5.18. The summed E-state index contributed by atoms with van der Waals surface area (Å²) in [5, 5.41) is 0. The van der Waals surface area contributed by atoms with E-state index in [9.17, 15) is 8.42 Å². The molecular formula is C14H20N4O2S. The van der Waals surface area contributed by atoms with Gasteiger partial charge in [-0.15, -0.1) is 0 Å². The maximum Gasteiger partial charge on any atom is 0.241 e. The van der Waals surface area contributed by atoms with Crippen LogP contribution < -0.4 is 10.5 Å². The standard InChI is InChI=1S/C14H20N4O2S/c1-8-7-12(15)10(3)13(9(8)2)21(19,20)18-11(4)14-16-5-6-17-14/h5-7,11,18H,15H2,1-4H3,(H,16,17). The molecule has 1 aromatic carbocycles. The quantitative estimate of drug-likeness (QED) is 0.751. The first-order valence-electron chi connectivity index (χ1n) is 6.62. The van der Waals surface area contributed by atoms with Gasteiger partial charge >= 0.3 is 0 Å². The lowest BCUT2D eigenvalue weighted by Crippen LogP contribution is -2.29. The SMILES string of the molecule is Cc1cc(N)c(C)c(S(=O)(=O)NC(C)c2ncc[nH]2)c1C. The van der Waals surface area contributed by atoms with Crippen LogP contribution in [0, 0.1) is 20.8 Å². The minimum atomic E-state index is -3.68. The monoisotopic (exact) mass is 308 g/mol. The maximum absolute atomic E-state index is 12.7. The van der Waals surface area contributed by atoms with Crippen LogP contribution in [-0.2, 0) is 10.0 Å². The molecule has 0 amide bonds. The Morgan fingerprint density at radius 3 is 2.52 bits per heavy atom. The lowest BCUT2D eigenvalue weighted by Gasteiger charge is -2.18. The number of sulfonamides is 1. The van der Waals surface area contributed by atoms with Gasteiger partial charge < -0.3 is 10.7 Å². The van der Waals surface area contributed by atoms with Crippen LogP contribution in [0.3, 0.4) is 0 Å². The third kappa shape index (κ3) is 2.93. The number of nitrogens with two attached hydrogens (primary N) is 1. The molecule has 1 unspecified atom stereocenters. The smallest absolute Gasteiger partial charge is 0.241 e. The van der Waals surface area contributed by atoms with Gasteiger partial charge in [-0.25, -0.2) is 18.1 Å². The lowest BCUT2D eigenvalue weighted by molar-refractivity contribution is 0.560. The Morgan fingerprint density at radius 2 is 1.95 bits per heavy atom. The number of nitrogen functional groups attached to an aromatic ring is 1. The number of aromatic amines is 1. The van der Waals surface area contributed by atoms with Crippen molar-refractivity contribution in [2.75, 3.05) is 5.73 Å². The van der Waals surface area contributed by atoms with Crippen LogP contribution in [0.5, 0.6) is 0 Å². The van der Waals surface area contributed by atoms with Gasteiger partial charge in [-0.2, -0.15) is 0 Å². The van der Waals surface area contributed by atoms with E-state index in [1.807, 2.05) is 6.92 Å². The van der Waals surface area contributed by atoms with Crippen LogP contribution in [0.1, 0.15) is 35.5 Å². The summed E-state index contributed by atoms with van der Waals surface area (Å²) < 4.78 is 28.0. The molecule has 0 aliphatic heterocycles. The molecule has 1 heterocycles. The van der Waals surface area contributed by atoms with Crippen molar-refractivity contribution in [1.29, 1.82) is 0 Å². The minimum absolute atomic E-state index is 0.249. The number of anilines is 1. The normalized spacial score (nSPS) is 13.3. The number of rotatable bonds is 4. The van der Waals surface area contributed by atoms with Gasteiger partial charge in [0.15, 0.2) is 0 Å². The zero-order chi connectivity index (χ0) is 15.8. The van der Waals surface area contributed by atoms with Crippen LogP contribution in [0.2, 0.25) is 0 Å². The summed E-state index contributed by atoms with van der Waals surface area (Å²) in [5.41, 5.74) is 8.50. The third-order valence-electron chi connectivity index (χ3n) is 3.61. The Labute approximate surface area is 124 Å². The topological polar surface area (TPSA) is 101 Å². The fourth-order valence-corrected chi connectivity index (χ4v) is 4.09. The van der Waals surface area contributed by atoms with Crippen LogP contribution in [0.4, 0.5) is 5.69 Å². The van der Waals surface area contributed by atoms with Gasteiger partial charge in [-0.3, -0.25) is 0 Å². The van der Waals surface area contributed by atoms with Gasteiger partial charge in [0, 0.05) is 18.1 Å². The van der Waals surface area contributed by atoms with Crippen molar-refractivity contribution in [1.82, 2.24) is 14.7 Å². The number of hydrogen-bond acceptors (Lipinski definition) is 4. The fourth-order valence-electron chi connectivity index (χ4n) is 2.31. The predicted octanol–water partition coefficient (Wildman–Crippen LogP) is 1.96.